The van der Waals surface area contributed by atoms with Gasteiger partial charge in [0.1, 0.15) is 0 Å². The quantitative estimate of drug-likeness (QED) is 0.846. The van der Waals surface area contributed by atoms with Gasteiger partial charge in [-0.1, -0.05) is 23.7 Å². The number of nitrogens with one attached hydrogen (secondary N) is 1. The van der Waals surface area contributed by atoms with Crippen LogP contribution in [0.1, 0.15) is 23.4 Å². The minimum absolute atomic E-state index is 0.0260. The molecule has 18 heavy (non-hydrogen) atoms. The Balaban J connectivity index is 1.94. The van der Waals surface area contributed by atoms with Gasteiger partial charge in [-0.05, 0) is 31.5 Å². The molecule has 1 aliphatic rings. The predicted molar refractivity (Wildman–Crippen MR) is 71.1 cm³/mol. The molecule has 0 amide bonds. The van der Waals surface area contributed by atoms with E-state index >= 15 is 0 Å². The highest BCUT2D eigenvalue weighted by atomic mass is 35.5. The number of para-hydroxylation sites is 1. The molecule has 2 aromatic rings. The Hall–Kier alpha value is -1.32. The number of piperidine rings is 1. The van der Waals surface area contributed by atoms with Gasteiger partial charge >= 0.3 is 0 Å². The summed E-state index contributed by atoms with van der Waals surface area (Å²) in [5, 5.41) is 4.68. The Labute approximate surface area is 110 Å². The van der Waals surface area contributed by atoms with Crippen molar-refractivity contribution in [3.63, 3.8) is 0 Å². The maximum absolute atomic E-state index is 12.3. The van der Waals surface area contributed by atoms with Crippen molar-refractivity contribution in [1.82, 2.24) is 5.32 Å². The van der Waals surface area contributed by atoms with Crippen LogP contribution in [0.15, 0.2) is 28.7 Å². The van der Waals surface area contributed by atoms with Gasteiger partial charge in [0.25, 0.3) is 0 Å². The van der Waals surface area contributed by atoms with Gasteiger partial charge in [-0.2, -0.15) is 0 Å². The van der Waals surface area contributed by atoms with E-state index in [1.165, 1.54) is 0 Å². The van der Waals surface area contributed by atoms with Crippen molar-refractivity contribution in [3.05, 3.63) is 35.0 Å². The monoisotopic (exact) mass is 263 g/mol. The summed E-state index contributed by atoms with van der Waals surface area (Å²) in [7, 11) is 0. The van der Waals surface area contributed by atoms with Crippen molar-refractivity contribution in [3.8, 4) is 0 Å². The first-order chi connectivity index (χ1) is 8.75. The molecule has 1 N–H and O–H groups in total. The number of halogens is 1. The maximum Gasteiger partial charge on any atom is 0.202 e. The smallest absolute Gasteiger partial charge is 0.202 e. The molecule has 0 aliphatic carbocycles. The van der Waals surface area contributed by atoms with Crippen LogP contribution in [0.3, 0.4) is 0 Å². The van der Waals surface area contributed by atoms with Crippen LogP contribution in [0.25, 0.3) is 11.0 Å². The van der Waals surface area contributed by atoms with Crippen molar-refractivity contribution < 1.29 is 9.21 Å². The van der Waals surface area contributed by atoms with E-state index in [9.17, 15) is 4.79 Å². The lowest BCUT2D eigenvalue weighted by Crippen LogP contribution is -2.34. The van der Waals surface area contributed by atoms with Gasteiger partial charge in [0.2, 0.25) is 5.78 Å². The second kappa shape index (κ2) is 4.75. The van der Waals surface area contributed by atoms with Crippen molar-refractivity contribution in [2.45, 2.75) is 12.8 Å². The summed E-state index contributed by atoms with van der Waals surface area (Å²) >= 11 is 6.04. The number of rotatable bonds is 2. The van der Waals surface area contributed by atoms with Gasteiger partial charge in [-0.15, -0.1) is 0 Å². The molecule has 2 heterocycles. The summed E-state index contributed by atoms with van der Waals surface area (Å²) < 4.78 is 5.60. The first-order valence-corrected chi connectivity index (χ1v) is 6.56. The molecule has 1 unspecified atom stereocenters. The molecule has 4 heteroatoms. The fourth-order valence-electron chi connectivity index (χ4n) is 2.43. The average Bonchev–Trinajstić information content (AvgIpc) is 2.84. The van der Waals surface area contributed by atoms with E-state index in [1.807, 2.05) is 12.1 Å². The zero-order chi connectivity index (χ0) is 12.5. The zero-order valence-electron chi connectivity index (χ0n) is 9.91. The molecule has 3 nitrogen and oxygen atoms in total. The van der Waals surface area contributed by atoms with E-state index < -0.39 is 0 Å². The lowest BCUT2D eigenvalue weighted by atomic mass is 9.94. The molecule has 94 valence electrons. The summed E-state index contributed by atoms with van der Waals surface area (Å²) in [6.07, 6.45) is 1.97. The van der Waals surface area contributed by atoms with Crippen LogP contribution in [0, 0.1) is 5.92 Å². The molecule has 3 rings (SSSR count). The molecular formula is C14H14ClNO2. The highest BCUT2D eigenvalue weighted by molar-refractivity contribution is 6.34. The number of carbonyl (C=O) groups excluding carboxylic acids is 1. The Bertz CT molecular complexity index is 584. The van der Waals surface area contributed by atoms with Crippen molar-refractivity contribution in [2.75, 3.05) is 13.1 Å². The topological polar surface area (TPSA) is 42.2 Å². The standard InChI is InChI=1S/C14H14ClNO2/c15-11-5-1-3-9-7-12(18-14(9)11)13(17)10-4-2-6-16-8-10/h1,3,5,7,10,16H,2,4,6,8H2. The Kier molecular flexibility index (Phi) is 3.10. The van der Waals surface area contributed by atoms with Crippen LogP contribution >= 0.6 is 11.6 Å². The summed E-state index contributed by atoms with van der Waals surface area (Å²) in [6, 6.07) is 7.32. The summed E-state index contributed by atoms with van der Waals surface area (Å²) in [5.41, 5.74) is 0.603. The number of carbonyl (C=O) groups is 1. The van der Waals surface area contributed by atoms with Crippen molar-refractivity contribution >= 4 is 28.4 Å². The van der Waals surface area contributed by atoms with Gasteiger partial charge in [-0.25, -0.2) is 0 Å². The Morgan fingerprint density at radius 3 is 3.06 bits per heavy atom. The van der Waals surface area contributed by atoms with E-state index in [1.54, 1.807) is 12.1 Å². The largest absolute Gasteiger partial charge is 0.451 e. The predicted octanol–water partition coefficient (Wildman–Crippen LogP) is 3.27. The van der Waals surface area contributed by atoms with E-state index in [0.29, 0.717) is 16.4 Å². The maximum atomic E-state index is 12.3. The van der Waals surface area contributed by atoms with Gasteiger partial charge < -0.3 is 9.73 Å². The third-order valence-electron chi connectivity index (χ3n) is 3.41. The van der Waals surface area contributed by atoms with Crippen molar-refractivity contribution in [1.29, 1.82) is 0 Å². The van der Waals surface area contributed by atoms with E-state index in [-0.39, 0.29) is 11.7 Å². The van der Waals surface area contributed by atoms with E-state index in [0.717, 1.165) is 31.3 Å². The van der Waals surface area contributed by atoms with Crippen LogP contribution in [0.5, 0.6) is 0 Å². The highest BCUT2D eigenvalue weighted by Crippen LogP contribution is 2.28. The highest BCUT2D eigenvalue weighted by Gasteiger charge is 2.25. The SMILES string of the molecule is O=C(c1cc2cccc(Cl)c2o1)C1CCCNC1. The Morgan fingerprint density at radius 1 is 1.44 bits per heavy atom. The molecule has 1 saturated heterocycles. The van der Waals surface area contributed by atoms with Crippen LogP contribution in [-0.4, -0.2) is 18.9 Å². The molecule has 0 radical (unpaired) electrons. The molecule has 1 aliphatic heterocycles. The first-order valence-electron chi connectivity index (χ1n) is 6.19. The fourth-order valence-corrected chi connectivity index (χ4v) is 2.65. The third-order valence-corrected chi connectivity index (χ3v) is 3.70. The molecule has 0 bridgehead atoms. The van der Waals surface area contributed by atoms with Crippen LogP contribution < -0.4 is 5.32 Å². The fraction of sp³-hybridized carbons (Fsp3) is 0.357. The summed E-state index contributed by atoms with van der Waals surface area (Å²) in [4.78, 5) is 12.3. The van der Waals surface area contributed by atoms with Crippen LogP contribution in [0.2, 0.25) is 5.02 Å². The summed E-state index contributed by atoms with van der Waals surface area (Å²) in [6.45, 7) is 1.74. The second-order valence-electron chi connectivity index (χ2n) is 4.68. The summed E-state index contributed by atoms with van der Waals surface area (Å²) in [5.74, 6) is 0.527. The number of hydrogen-bond acceptors (Lipinski definition) is 3. The second-order valence-corrected chi connectivity index (χ2v) is 5.08. The van der Waals surface area contributed by atoms with E-state index in [4.69, 9.17) is 16.0 Å². The molecule has 0 saturated carbocycles. The normalized spacial score (nSPS) is 20.2. The number of hydrogen-bond donors (Lipinski definition) is 1. The van der Waals surface area contributed by atoms with Gasteiger partial charge in [0, 0.05) is 17.8 Å². The number of benzene rings is 1. The number of Topliss-reactive ketones (excluding diaryl/α,β-unsaturated/α-hetero) is 1. The minimum Gasteiger partial charge on any atom is -0.451 e. The molecule has 0 spiro atoms. The number of ketones is 1. The number of fused-ring (bicyclic) bond motifs is 1. The minimum atomic E-state index is 0.0260. The van der Waals surface area contributed by atoms with Crippen LogP contribution in [0.4, 0.5) is 0 Å². The molecular weight excluding hydrogens is 250 g/mol. The van der Waals surface area contributed by atoms with Gasteiger partial charge in [-0.3, -0.25) is 4.79 Å². The number of furan rings is 1. The van der Waals surface area contributed by atoms with Crippen molar-refractivity contribution in [2.24, 2.45) is 5.92 Å². The lowest BCUT2D eigenvalue weighted by molar-refractivity contribution is 0.0873. The molecule has 1 aromatic heterocycles. The molecule has 1 fully saturated rings. The lowest BCUT2D eigenvalue weighted by Gasteiger charge is -2.20. The van der Waals surface area contributed by atoms with Crippen LogP contribution in [-0.2, 0) is 0 Å². The third kappa shape index (κ3) is 2.04. The molecule has 1 aromatic carbocycles. The van der Waals surface area contributed by atoms with Gasteiger partial charge in [0.15, 0.2) is 11.3 Å². The van der Waals surface area contributed by atoms with Gasteiger partial charge in [0.05, 0.1) is 5.02 Å². The Morgan fingerprint density at radius 2 is 2.33 bits per heavy atom. The zero-order valence-corrected chi connectivity index (χ0v) is 10.7. The van der Waals surface area contributed by atoms with E-state index in [2.05, 4.69) is 5.32 Å². The first kappa shape index (κ1) is 11.8. The molecule has 1 atom stereocenters. The average molecular weight is 264 g/mol.